The Bertz CT molecular complexity index is 262. The van der Waals surface area contributed by atoms with E-state index in [9.17, 15) is 0 Å². The summed E-state index contributed by atoms with van der Waals surface area (Å²) < 4.78 is 5.08. The summed E-state index contributed by atoms with van der Waals surface area (Å²) in [4.78, 5) is 4.28. The zero-order valence-electron chi connectivity index (χ0n) is 8.91. The molecule has 0 atom stereocenters. The summed E-state index contributed by atoms with van der Waals surface area (Å²) in [6.45, 7) is 5.19. The number of rotatable bonds is 6. The molecule has 0 spiro atoms. The Morgan fingerprint density at radius 2 is 2.29 bits per heavy atom. The molecule has 0 bridgehead atoms. The van der Waals surface area contributed by atoms with Crippen LogP contribution in [-0.2, 0) is 12.2 Å². The Labute approximate surface area is 88.8 Å². The molecule has 1 N–H and O–H groups in total. The maximum Gasteiger partial charge on any atom is 0.227 e. The van der Waals surface area contributed by atoms with Gasteiger partial charge >= 0.3 is 0 Å². The molecule has 1 aromatic heterocycles. The average molecular weight is 215 g/mol. The summed E-state index contributed by atoms with van der Waals surface area (Å²) in [7, 11) is 1.91. The fourth-order valence-electron chi connectivity index (χ4n) is 0.923. The van der Waals surface area contributed by atoms with Crippen LogP contribution in [0.15, 0.2) is 4.52 Å². The zero-order chi connectivity index (χ0) is 10.4. The Balaban J connectivity index is 2.35. The molecule has 0 fully saturated rings. The summed E-state index contributed by atoms with van der Waals surface area (Å²) in [5.74, 6) is 2.36. The Kier molecular flexibility index (Phi) is 4.97. The maximum absolute atomic E-state index is 5.08. The van der Waals surface area contributed by atoms with E-state index in [1.165, 1.54) is 0 Å². The summed E-state index contributed by atoms with van der Waals surface area (Å²) in [5, 5.41) is 7.55. The van der Waals surface area contributed by atoms with Crippen LogP contribution in [0.4, 0.5) is 0 Å². The van der Waals surface area contributed by atoms with Gasteiger partial charge in [-0.3, -0.25) is 0 Å². The van der Waals surface area contributed by atoms with E-state index in [0.29, 0.717) is 5.25 Å². The van der Waals surface area contributed by atoms with E-state index < -0.39 is 0 Å². The van der Waals surface area contributed by atoms with Crippen molar-refractivity contribution in [2.24, 2.45) is 0 Å². The van der Waals surface area contributed by atoms with Crippen molar-refractivity contribution in [3.05, 3.63) is 11.7 Å². The van der Waals surface area contributed by atoms with Gasteiger partial charge in [0.25, 0.3) is 0 Å². The van der Waals surface area contributed by atoms with Crippen molar-refractivity contribution in [1.82, 2.24) is 15.5 Å². The molecule has 0 aliphatic heterocycles. The summed E-state index contributed by atoms with van der Waals surface area (Å²) >= 11 is 1.82. The van der Waals surface area contributed by atoms with Crippen molar-refractivity contribution in [1.29, 1.82) is 0 Å². The first kappa shape index (κ1) is 11.5. The van der Waals surface area contributed by atoms with Crippen molar-refractivity contribution < 1.29 is 4.52 Å². The first-order valence-electron chi connectivity index (χ1n) is 4.80. The van der Waals surface area contributed by atoms with E-state index in [1.54, 1.807) is 0 Å². The van der Waals surface area contributed by atoms with Gasteiger partial charge in [0.2, 0.25) is 5.89 Å². The van der Waals surface area contributed by atoms with Crippen LogP contribution in [0.2, 0.25) is 0 Å². The predicted octanol–water partition coefficient (Wildman–Crippen LogP) is 1.47. The molecule has 5 heteroatoms. The highest BCUT2D eigenvalue weighted by atomic mass is 32.2. The van der Waals surface area contributed by atoms with Crippen LogP contribution in [0, 0.1) is 0 Å². The van der Waals surface area contributed by atoms with Crippen LogP contribution >= 0.6 is 11.8 Å². The minimum Gasteiger partial charge on any atom is -0.339 e. The minimum atomic E-state index is 0.606. The lowest BCUT2D eigenvalue weighted by atomic mass is 10.4. The number of thioether (sulfide) groups is 1. The zero-order valence-corrected chi connectivity index (χ0v) is 9.73. The minimum absolute atomic E-state index is 0.606. The van der Waals surface area contributed by atoms with Crippen molar-refractivity contribution in [2.75, 3.05) is 13.6 Å². The smallest absolute Gasteiger partial charge is 0.227 e. The van der Waals surface area contributed by atoms with Gasteiger partial charge in [0.15, 0.2) is 5.82 Å². The van der Waals surface area contributed by atoms with Gasteiger partial charge in [-0.2, -0.15) is 16.7 Å². The van der Waals surface area contributed by atoms with E-state index >= 15 is 0 Å². The van der Waals surface area contributed by atoms with Crippen molar-refractivity contribution in [2.45, 2.75) is 31.3 Å². The Morgan fingerprint density at radius 1 is 1.50 bits per heavy atom. The number of nitrogens with one attached hydrogen (secondary N) is 1. The van der Waals surface area contributed by atoms with E-state index in [2.05, 4.69) is 29.3 Å². The van der Waals surface area contributed by atoms with Gasteiger partial charge in [0.1, 0.15) is 0 Å². The largest absolute Gasteiger partial charge is 0.339 e. The highest BCUT2D eigenvalue weighted by Gasteiger charge is 2.06. The molecular formula is C9H17N3OS. The Morgan fingerprint density at radius 3 is 2.93 bits per heavy atom. The molecule has 14 heavy (non-hydrogen) atoms. The lowest BCUT2D eigenvalue weighted by Crippen LogP contribution is -2.10. The molecule has 0 saturated heterocycles. The molecule has 0 unspecified atom stereocenters. The molecule has 0 aliphatic rings. The van der Waals surface area contributed by atoms with Crippen LogP contribution < -0.4 is 5.32 Å². The normalized spacial score (nSPS) is 11.1. The van der Waals surface area contributed by atoms with E-state index in [-0.39, 0.29) is 0 Å². The molecule has 0 amide bonds. The summed E-state index contributed by atoms with van der Waals surface area (Å²) in [5.41, 5.74) is 0. The number of hydrogen-bond acceptors (Lipinski definition) is 5. The standard InChI is InChI=1S/C9H17N3OS/c1-7(2)14-6-8-11-9(13-12-8)4-5-10-3/h7,10H,4-6H2,1-3H3. The first-order valence-corrected chi connectivity index (χ1v) is 5.85. The molecule has 1 rings (SSSR count). The highest BCUT2D eigenvalue weighted by Crippen LogP contribution is 2.14. The van der Waals surface area contributed by atoms with Crippen molar-refractivity contribution in [3.8, 4) is 0 Å². The second-order valence-corrected chi connectivity index (χ2v) is 4.88. The molecule has 0 radical (unpaired) electrons. The highest BCUT2D eigenvalue weighted by molar-refractivity contribution is 7.99. The van der Waals surface area contributed by atoms with Crippen LogP contribution in [0.5, 0.6) is 0 Å². The maximum atomic E-state index is 5.08. The first-order chi connectivity index (χ1) is 6.72. The summed E-state index contributed by atoms with van der Waals surface area (Å²) in [6, 6.07) is 0. The van der Waals surface area contributed by atoms with Gasteiger partial charge in [-0.1, -0.05) is 19.0 Å². The third kappa shape index (κ3) is 4.11. The van der Waals surface area contributed by atoms with Gasteiger partial charge in [0, 0.05) is 13.0 Å². The third-order valence-corrected chi connectivity index (χ3v) is 2.74. The second kappa shape index (κ2) is 6.03. The second-order valence-electron chi connectivity index (χ2n) is 3.32. The predicted molar refractivity (Wildman–Crippen MR) is 58.4 cm³/mol. The fourth-order valence-corrected chi connectivity index (χ4v) is 1.52. The van der Waals surface area contributed by atoms with Crippen LogP contribution in [0.25, 0.3) is 0 Å². The van der Waals surface area contributed by atoms with Gasteiger partial charge < -0.3 is 9.84 Å². The van der Waals surface area contributed by atoms with Crippen LogP contribution in [0.3, 0.4) is 0 Å². The molecule has 80 valence electrons. The lowest BCUT2D eigenvalue weighted by Gasteiger charge is -1.99. The Hall–Kier alpha value is -0.550. The number of likely N-dealkylation sites (N-methyl/N-ethyl adjacent to an activating group) is 1. The number of nitrogens with zero attached hydrogens (tertiary/aromatic N) is 2. The lowest BCUT2D eigenvalue weighted by molar-refractivity contribution is 0.373. The van der Waals surface area contributed by atoms with Gasteiger partial charge in [-0.25, -0.2) is 0 Å². The summed E-state index contributed by atoms with van der Waals surface area (Å²) in [6.07, 6.45) is 0.801. The SMILES string of the molecule is CNCCc1nc(CSC(C)C)no1. The van der Waals surface area contributed by atoms with Gasteiger partial charge in [-0.05, 0) is 12.3 Å². The van der Waals surface area contributed by atoms with E-state index in [1.807, 2.05) is 18.8 Å². The molecule has 0 saturated carbocycles. The number of aromatic nitrogens is 2. The fraction of sp³-hybridized carbons (Fsp3) is 0.778. The molecular weight excluding hydrogens is 198 g/mol. The van der Waals surface area contributed by atoms with Crippen LogP contribution in [-0.4, -0.2) is 29.0 Å². The molecule has 1 aromatic rings. The third-order valence-electron chi connectivity index (χ3n) is 1.64. The molecule has 4 nitrogen and oxygen atoms in total. The molecule has 0 aliphatic carbocycles. The van der Waals surface area contributed by atoms with Crippen molar-refractivity contribution >= 4 is 11.8 Å². The van der Waals surface area contributed by atoms with Gasteiger partial charge in [-0.15, -0.1) is 0 Å². The van der Waals surface area contributed by atoms with Crippen molar-refractivity contribution in [3.63, 3.8) is 0 Å². The van der Waals surface area contributed by atoms with E-state index in [0.717, 1.165) is 30.4 Å². The van der Waals surface area contributed by atoms with E-state index in [4.69, 9.17) is 4.52 Å². The van der Waals surface area contributed by atoms with Gasteiger partial charge in [0.05, 0.1) is 5.75 Å². The monoisotopic (exact) mass is 215 g/mol. The molecule has 1 heterocycles. The molecule has 0 aromatic carbocycles. The quantitative estimate of drug-likeness (QED) is 0.779. The number of hydrogen-bond donors (Lipinski definition) is 1. The van der Waals surface area contributed by atoms with Crippen LogP contribution in [0.1, 0.15) is 25.6 Å². The topological polar surface area (TPSA) is 51.0 Å². The average Bonchev–Trinajstić information content (AvgIpc) is 2.59.